The third kappa shape index (κ3) is 2.92. The van der Waals surface area contributed by atoms with E-state index >= 15 is 0 Å². The third-order valence-corrected chi connectivity index (χ3v) is 2.99. The highest BCUT2D eigenvalue weighted by molar-refractivity contribution is 5.79. The van der Waals surface area contributed by atoms with E-state index in [0.29, 0.717) is 19.4 Å². The van der Waals surface area contributed by atoms with Crippen LogP contribution in [0.4, 0.5) is 0 Å². The first-order chi connectivity index (χ1) is 7.14. The van der Waals surface area contributed by atoms with Crippen LogP contribution in [0.5, 0.6) is 0 Å². The Morgan fingerprint density at radius 2 is 2.33 bits per heavy atom. The highest BCUT2D eigenvalue weighted by atomic mass is 16.5. The summed E-state index contributed by atoms with van der Waals surface area (Å²) in [7, 11) is 0. The van der Waals surface area contributed by atoms with Crippen LogP contribution >= 0.6 is 0 Å². The van der Waals surface area contributed by atoms with Crippen molar-refractivity contribution in [2.24, 2.45) is 0 Å². The number of rotatable bonds is 6. The van der Waals surface area contributed by atoms with Crippen LogP contribution in [-0.4, -0.2) is 35.9 Å². The summed E-state index contributed by atoms with van der Waals surface area (Å²) >= 11 is 0. The second kappa shape index (κ2) is 5.47. The van der Waals surface area contributed by atoms with Crippen LogP contribution in [0.1, 0.15) is 39.5 Å². The van der Waals surface area contributed by atoms with Gasteiger partial charge in [0.2, 0.25) is 0 Å². The number of nitrogens with one attached hydrogen (secondary N) is 1. The number of hydrogen-bond donors (Lipinski definition) is 2. The van der Waals surface area contributed by atoms with Gasteiger partial charge in [-0.1, -0.05) is 6.92 Å². The molecule has 0 radical (unpaired) electrons. The molecule has 0 amide bonds. The van der Waals surface area contributed by atoms with Crippen molar-refractivity contribution in [2.75, 3.05) is 13.2 Å². The molecule has 1 rings (SSSR count). The van der Waals surface area contributed by atoms with Gasteiger partial charge in [0.05, 0.1) is 6.10 Å². The van der Waals surface area contributed by atoms with Crippen LogP contribution in [-0.2, 0) is 9.53 Å². The van der Waals surface area contributed by atoms with E-state index in [4.69, 9.17) is 4.74 Å². The molecule has 0 bridgehead atoms. The normalized spacial score (nSPS) is 30.7. The lowest BCUT2D eigenvalue weighted by Crippen LogP contribution is -2.50. The average molecular weight is 215 g/mol. The average Bonchev–Trinajstić information content (AvgIpc) is 2.61. The Bertz CT molecular complexity index is 220. The highest BCUT2D eigenvalue weighted by Gasteiger charge is 2.45. The standard InChI is InChI=1S/C11H21NO3/c1-3-7-12-11(10(13)14)6-5-9(8-11)15-4-2/h9,12H,3-8H2,1-2H3,(H,13,14). The number of aliphatic carboxylic acids is 1. The van der Waals surface area contributed by atoms with E-state index < -0.39 is 11.5 Å². The van der Waals surface area contributed by atoms with E-state index in [0.717, 1.165) is 19.4 Å². The zero-order chi connectivity index (χ0) is 11.3. The second-order valence-electron chi connectivity index (χ2n) is 4.13. The third-order valence-electron chi connectivity index (χ3n) is 2.99. The predicted octanol–water partition coefficient (Wildman–Crippen LogP) is 1.40. The zero-order valence-corrected chi connectivity index (χ0v) is 9.58. The lowest BCUT2D eigenvalue weighted by Gasteiger charge is -2.25. The van der Waals surface area contributed by atoms with Gasteiger partial charge in [-0.05, 0) is 32.7 Å². The molecule has 4 nitrogen and oxygen atoms in total. The van der Waals surface area contributed by atoms with Gasteiger partial charge in [0.15, 0.2) is 0 Å². The molecule has 0 aromatic carbocycles. The molecule has 2 N–H and O–H groups in total. The Morgan fingerprint density at radius 1 is 1.60 bits per heavy atom. The van der Waals surface area contributed by atoms with E-state index in [1.54, 1.807) is 0 Å². The SMILES string of the molecule is CCCNC1(C(=O)O)CCC(OCC)C1. The maximum atomic E-state index is 11.3. The van der Waals surface area contributed by atoms with Gasteiger partial charge < -0.3 is 15.2 Å². The molecule has 88 valence electrons. The van der Waals surface area contributed by atoms with Crippen LogP contribution in [0.2, 0.25) is 0 Å². The Labute approximate surface area is 91.0 Å². The van der Waals surface area contributed by atoms with Crippen molar-refractivity contribution in [2.45, 2.75) is 51.2 Å². The summed E-state index contributed by atoms with van der Waals surface area (Å²) < 4.78 is 5.48. The topological polar surface area (TPSA) is 58.6 Å². The number of ether oxygens (including phenoxy) is 1. The molecule has 1 aliphatic rings. The summed E-state index contributed by atoms with van der Waals surface area (Å²) in [4.78, 5) is 11.3. The lowest BCUT2D eigenvalue weighted by atomic mass is 9.97. The van der Waals surface area contributed by atoms with E-state index in [1.165, 1.54) is 0 Å². The van der Waals surface area contributed by atoms with Gasteiger partial charge in [-0.15, -0.1) is 0 Å². The summed E-state index contributed by atoms with van der Waals surface area (Å²) in [5.41, 5.74) is -0.740. The van der Waals surface area contributed by atoms with Crippen molar-refractivity contribution in [1.82, 2.24) is 5.32 Å². The van der Waals surface area contributed by atoms with E-state index in [9.17, 15) is 9.90 Å². The number of carboxylic acid groups (broad SMARTS) is 1. The van der Waals surface area contributed by atoms with Crippen molar-refractivity contribution in [3.63, 3.8) is 0 Å². The minimum Gasteiger partial charge on any atom is -0.480 e. The maximum Gasteiger partial charge on any atom is 0.323 e. The first-order valence-electron chi connectivity index (χ1n) is 5.74. The molecular weight excluding hydrogens is 194 g/mol. The van der Waals surface area contributed by atoms with E-state index in [-0.39, 0.29) is 6.10 Å². The van der Waals surface area contributed by atoms with Crippen LogP contribution in [0.15, 0.2) is 0 Å². The molecule has 2 unspecified atom stereocenters. The molecule has 2 atom stereocenters. The molecule has 1 saturated carbocycles. The Balaban J connectivity index is 2.56. The summed E-state index contributed by atoms with van der Waals surface area (Å²) in [5, 5.41) is 12.4. The summed E-state index contributed by atoms with van der Waals surface area (Å²) in [6.45, 7) is 5.40. The Kier molecular flexibility index (Phi) is 4.54. The Hall–Kier alpha value is -0.610. The second-order valence-corrected chi connectivity index (χ2v) is 4.13. The molecular formula is C11H21NO3. The number of hydrogen-bond acceptors (Lipinski definition) is 3. The molecule has 0 heterocycles. The van der Waals surface area contributed by atoms with Crippen molar-refractivity contribution in [3.05, 3.63) is 0 Å². The molecule has 0 saturated heterocycles. The lowest BCUT2D eigenvalue weighted by molar-refractivity contribution is -0.145. The van der Waals surface area contributed by atoms with Gasteiger partial charge in [-0.2, -0.15) is 0 Å². The smallest absolute Gasteiger partial charge is 0.323 e. The molecule has 0 spiro atoms. The monoisotopic (exact) mass is 215 g/mol. The van der Waals surface area contributed by atoms with Gasteiger partial charge in [0.1, 0.15) is 5.54 Å². The fourth-order valence-corrected chi connectivity index (χ4v) is 2.17. The first-order valence-corrected chi connectivity index (χ1v) is 5.74. The number of carboxylic acids is 1. The minimum atomic E-state index is -0.740. The summed E-state index contributed by atoms with van der Waals surface area (Å²) in [6, 6.07) is 0. The van der Waals surface area contributed by atoms with Gasteiger partial charge in [-0.25, -0.2) is 0 Å². The summed E-state index contributed by atoms with van der Waals surface area (Å²) in [6.07, 6.45) is 3.17. The molecule has 0 aromatic heterocycles. The van der Waals surface area contributed by atoms with Crippen LogP contribution in [0.25, 0.3) is 0 Å². The number of carbonyl (C=O) groups is 1. The molecule has 1 fully saturated rings. The van der Waals surface area contributed by atoms with Gasteiger partial charge in [0.25, 0.3) is 0 Å². The fourth-order valence-electron chi connectivity index (χ4n) is 2.17. The summed E-state index contributed by atoms with van der Waals surface area (Å²) in [5.74, 6) is -0.738. The first kappa shape index (κ1) is 12.5. The maximum absolute atomic E-state index is 11.3. The Morgan fingerprint density at radius 3 is 2.87 bits per heavy atom. The van der Waals surface area contributed by atoms with Crippen LogP contribution < -0.4 is 5.32 Å². The predicted molar refractivity (Wildman–Crippen MR) is 57.9 cm³/mol. The zero-order valence-electron chi connectivity index (χ0n) is 9.58. The van der Waals surface area contributed by atoms with E-state index in [2.05, 4.69) is 5.32 Å². The van der Waals surface area contributed by atoms with Crippen molar-refractivity contribution < 1.29 is 14.6 Å². The van der Waals surface area contributed by atoms with Crippen molar-refractivity contribution in [3.8, 4) is 0 Å². The van der Waals surface area contributed by atoms with Gasteiger partial charge >= 0.3 is 5.97 Å². The van der Waals surface area contributed by atoms with Crippen LogP contribution in [0.3, 0.4) is 0 Å². The largest absolute Gasteiger partial charge is 0.480 e. The fraction of sp³-hybridized carbons (Fsp3) is 0.909. The minimum absolute atomic E-state index is 0.107. The van der Waals surface area contributed by atoms with E-state index in [1.807, 2.05) is 13.8 Å². The quantitative estimate of drug-likeness (QED) is 0.703. The molecule has 4 heteroatoms. The highest BCUT2D eigenvalue weighted by Crippen LogP contribution is 2.32. The molecule has 0 aromatic rings. The van der Waals surface area contributed by atoms with Crippen molar-refractivity contribution >= 4 is 5.97 Å². The van der Waals surface area contributed by atoms with Crippen LogP contribution in [0, 0.1) is 0 Å². The molecule has 1 aliphatic carbocycles. The van der Waals surface area contributed by atoms with Gasteiger partial charge in [0, 0.05) is 13.0 Å². The van der Waals surface area contributed by atoms with Crippen molar-refractivity contribution in [1.29, 1.82) is 0 Å². The van der Waals surface area contributed by atoms with Gasteiger partial charge in [-0.3, -0.25) is 4.79 Å². The molecule has 15 heavy (non-hydrogen) atoms. The molecule has 0 aliphatic heterocycles.